The Labute approximate surface area is 125 Å². The van der Waals surface area contributed by atoms with Gasteiger partial charge in [0.05, 0.1) is 0 Å². The molecule has 3 N–H and O–H groups in total. The fraction of sp³-hybridized carbons (Fsp3) is 0.667. The lowest BCUT2D eigenvalue weighted by Gasteiger charge is -2.36. The minimum absolute atomic E-state index is 0.0515. The fourth-order valence-corrected chi connectivity index (χ4v) is 2.82. The summed E-state index contributed by atoms with van der Waals surface area (Å²) in [5.74, 6) is 0.0515. The molecular weight excluding hydrogens is 270 g/mol. The van der Waals surface area contributed by atoms with Gasteiger partial charge in [0.25, 0.3) is 0 Å². The van der Waals surface area contributed by atoms with Crippen molar-refractivity contribution in [1.82, 2.24) is 9.80 Å². The lowest BCUT2D eigenvalue weighted by Crippen LogP contribution is -2.48. The Bertz CT molecular complexity index is 420. The molecule has 2 aliphatic rings. The highest BCUT2D eigenvalue weighted by atomic mass is 16.6. The summed E-state index contributed by atoms with van der Waals surface area (Å²) < 4.78 is 5.52. The highest BCUT2D eigenvalue weighted by molar-refractivity contribution is 5.68. The second-order valence-electron chi connectivity index (χ2n) is 5.64. The second-order valence-corrected chi connectivity index (χ2v) is 5.64. The molecule has 21 heavy (non-hydrogen) atoms. The molecule has 0 aromatic carbocycles. The van der Waals surface area contributed by atoms with Gasteiger partial charge in [-0.1, -0.05) is 0 Å². The van der Waals surface area contributed by atoms with Gasteiger partial charge in [0.15, 0.2) is 0 Å². The monoisotopic (exact) mass is 295 g/mol. The van der Waals surface area contributed by atoms with Crippen molar-refractivity contribution in [2.75, 3.05) is 26.2 Å². The van der Waals surface area contributed by atoms with E-state index < -0.39 is 0 Å². The van der Waals surface area contributed by atoms with Crippen LogP contribution in [0, 0.1) is 0 Å². The maximum atomic E-state index is 12.1. The average Bonchev–Trinajstić information content (AvgIpc) is 3.00. The molecule has 0 unspecified atom stereocenters. The zero-order valence-electron chi connectivity index (χ0n) is 12.6. The van der Waals surface area contributed by atoms with E-state index in [0.29, 0.717) is 13.1 Å². The van der Waals surface area contributed by atoms with Crippen LogP contribution in [0.15, 0.2) is 23.7 Å². The van der Waals surface area contributed by atoms with E-state index in [9.17, 15) is 9.90 Å². The largest absolute Gasteiger partial charge is 0.506 e. The molecule has 1 saturated heterocycles. The average molecular weight is 295 g/mol. The van der Waals surface area contributed by atoms with Crippen LogP contribution >= 0.6 is 0 Å². The number of nitrogens with two attached hydrogens (primary N) is 1. The van der Waals surface area contributed by atoms with E-state index in [2.05, 4.69) is 4.90 Å². The van der Waals surface area contributed by atoms with Crippen LogP contribution in [0.1, 0.15) is 32.6 Å². The number of aliphatic hydroxyl groups excluding tert-OH is 1. The van der Waals surface area contributed by atoms with Gasteiger partial charge in [0.2, 0.25) is 0 Å². The number of carbonyl (C=O) groups is 1. The van der Waals surface area contributed by atoms with Crippen LogP contribution < -0.4 is 5.73 Å². The highest BCUT2D eigenvalue weighted by Gasteiger charge is 2.26. The Morgan fingerprint density at radius 3 is 2.33 bits per heavy atom. The molecule has 0 radical (unpaired) electrons. The van der Waals surface area contributed by atoms with Crippen molar-refractivity contribution in [2.24, 2.45) is 5.73 Å². The number of ether oxygens (including phenoxy) is 1. The molecule has 1 aliphatic heterocycles. The van der Waals surface area contributed by atoms with Gasteiger partial charge >= 0.3 is 6.09 Å². The molecule has 2 fully saturated rings. The lowest BCUT2D eigenvalue weighted by atomic mass is 10.2. The van der Waals surface area contributed by atoms with Crippen LogP contribution in [0.3, 0.4) is 0 Å². The summed E-state index contributed by atoms with van der Waals surface area (Å²) in [7, 11) is 0. The highest BCUT2D eigenvalue weighted by Crippen LogP contribution is 2.22. The molecule has 6 heteroatoms. The molecular formula is C15H25N3O3. The topological polar surface area (TPSA) is 79.0 Å². The molecule has 1 saturated carbocycles. The van der Waals surface area contributed by atoms with E-state index in [-0.39, 0.29) is 18.0 Å². The zero-order chi connectivity index (χ0) is 15.2. The Hall–Kier alpha value is -1.85. The summed E-state index contributed by atoms with van der Waals surface area (Å²) >= 11 is 0. The van der Waals surface area contributed by atoms with Crippen molar-refractivity contribution in [2.45, 2.75) is 38.7 Å². The minimum Gasteiger partial charge on any atom is -0.506 e. The molecule has 1 aliphatic carbocycles. The predicted octanol–water partition coefficient (Wildman–Crippen LogP) is 1.95. The molecule has 0 aromatic heterocycles. The van der Waals surface area contributed by atoms with E-state index in [1.807, 2.05) is 6.92 Å². The van der Waals surface area contributed by atoms with E-state index >= 15 is 0 Å². The predicted molar refractivity (Wildman–Crippen MR) is 80.5 cm³/mol. The normalized spacial score (nSPS) is 21.8. The Morgan fingerprint density at radius 1 is 1.19 bits per heavy atom. The van der Waals surface area contributed by atoms with Crippen LogP contribution in [0.2, 0.25) is 0 Å². The van der Waals surface area contributed by atoms with Gasteiger partial charge in [-0.2, -0.15) is 0 Å². The quantitative estimate of drug-likeness (QED) is 0.614. The van der Waals surface area contributed by atoms with Gasteiger partial charge in [0.1, 0.15) is 11.9 Å². The first kappa shape index (κ1) is 15.5. The summed E-state index contributed by atoms with van der Waals surface area (Å²) in [6.07, 6.45) is 7.04. The smallest absolute Gasteiger partial charge is 0.410 e. The summed E-state index contributed by atoms with van der Waals surface area (Å²) in [6.45, 7) is 4.68. The molecule has 6 nitrogen and oxygen atoms in total. The number of hydrogen-bond acceptors (Lipinski definition) is 5. The number of piperazine rings is 1. The first-order valence-corrected chi connectivity index (χ1v) is 7.60. The van der Waals surface area contributed by atoms with Gasteiger partial charge in [-0.05, 0) is 32.6 Å². The number of allylic oxidation sites excluding steroid dienone is 2. The SMILES string of the molecule is C/C(=C\C(O)=C/N)N1CCN(C(=O)OC2CCCC2)CC1. The van der Waals surface area contributed by atoms with Crippen molar-refractivity contribution < 1.29 is 14.6 Å². The van der Waals surface area contributed by atoms with E-state index in [1.165, 1.54) is 6.20 Å². The second kappa shape index (κ2) is 7.24. The molecule has 0 atom stereocenters. The van der Waals surface area contributed by atoms with Crippen molar-refractivity contribution in [3.05, 3.63) is 23.7 Å². The van der Waals surface area contributed by atoms with E-state index in [0.717, 1.165) is 44.5 Å². The van der Waals surface area contributed by atoms with Crippen molar-refractivity contribution in [3.63, 3.8) is 0 Å². The number of aliphatic hydroxyl groups is 1. The molecule has 2 rings (SSSR count). The maximum Gasteiger partial charge on any atom is 0.410 e. The first-order valence-electron chi connectivity index (χ1n) is 7.60. The first-order chi connectivity index (χ1) is 10.1. The molecule has 0 spiro atoms. The van der Waals surface area contributed by atoms with Gasteiger partial charge in [0, 0.05) is 44.2 Å². The maximum absolute atomic E-state index is 12.1. The Morgan fingerprint density at radius 2 is 1.76 bits per heavy atom. The lowest BCUT2D eigenvalue weighted by molar-refractivity contribution is 0.0525. The van der Waals surface area contributed by atoms with Crippen molar-refractivity contribution >= 4 is 6.09 Å². The van der Waals surface area contributed by atoms with Crippen LogP contribution in [0.4, 0.5) is 4.79 Å². The molecule has 1 heterocycles. The van der Waals surface area contributed by atoms with Crippen LogP contribution in [-0.2, 0) is 4.74 Å². The summed E-state index contributed by atoms with van der Waals surface area (Å²) in [5.41, 5.74) is 6.19. The van der Waals surface area contributed by atoms with Crippen LogP contribution in [0.25, 0.3) is 0 Å². The van der Waals surface area contributed by atoms with Crippen molar-refractivity contribution in [3.8, 4) is 0 Å². The summed E-state index contributed by atoms with van der Waals surface area (Å²) in [5, 5.41) is 9.41. The molecule has 0 aromatic rings. The number of carbonyl (C=O) groups excluding carboxylic acids is 1. The number of hydrogen-bond donors (Lipinski definition) is 2. The van der Waals surface area contributed by atoms with E-state index in [1.54, 1.807) is 11.0 Å². The minimum atomic E-state index is -0.187. The third-order valence-electron chi connectivity index (χ3n) is 4.13. The number of nitrogens with zero attached hydrogens (tertiary/aromatic N) is 2. The number of amides is 1. The van der Waals surface area contributed by atoms with E-state index in [4.69, 9.17) is 10.5 Å². The zero-order valence-corrected chi connectivity index (χ0v) is 12.6. The van der Waals surface area contributed by atoms with Gasteiger partial charge in [-0.15, -0.1) is 0 Å². The molecule has 0 bridgehead atoms. The summed E-state index contributed by atoms with van der Waals surface area (Å²) in [4.78, 5) is 15.9. The van der Waals surface area contributed by atoms with Gasteiger partial charge < -0.3 is 25.4 Å². The fourth-order valence-electron chi connectivity index (χ4n) is 2.82. The summed E-state index contributed by atoms with van der Waals surface area (Å²) in [6, 6.07) is 0. The standard InChI is InChI=1S/C15H25N3O3/c1-12(10-13(19)11-16)17-6-8-18(9-7-17)15(20)21-14-4-2-3-5-14/h10-11,14,19H,2-9,16H2,1H3/b12-10+,13-11+. The van der Waals surface area contributed by atoms with Crippen molar-refractivity contribution in [1.29, 1.82) is 0 Å². The Balaban J connectivity index is 1.79. The third-order valence-corrected chi connectivity index (χ3v) is 4.13. The van der Waals surface area contributed by atoms with Crippen LogP contribution in [0.5, 0.6) is 0 Å². The molecule has 118 valence electrons. The van der Waals surface area contributed by atoms with Gasteiger partial charge in [-0.25, -0.2) is 4.79 Å². The molecule has 1 amide bonds. The van der Waals surface area contributed by atoms with Gasteiger partial charge in [-0.3, -0.25) is 0 Å². The number of rotatable bonds is 3. The third kappa shape index (κ3) is 4.31. The van der Waals surface area contributed by atoms with Crippen LogP contribution in [-0.4, -0.2) is 53.3 Å². The Kier molecular flexibility index (Phi) is 5.36.